The van der Waals surface area contributed by atoms with E-state index < -0.39 is 0 Å². The van der Waals surface area contributed by atoms with Crippen molar-refractivity contribution in [2.75, 3.05) is 13.1 Å². The summed E-state index contributed by atoms with van der Waals surface area (Å²) < 4.78 is 0. The van der Waals surface area contributed by atoms with Crippen LogP contribution in [-0.4, -0.2) is 23.5 Å². The van der Waals surface area contributed by atoms with E-state index in [4.69, 9.17) is 0 Å². The predicted molar refractivity (Wildman–Crippen MR) is 95.9 cm³/mol. The zero-order valence-corrected chi connectivity index (χ0v) is 15.6. The Bertz CT molecular complexity index is 259. The molecule has 0 unspecified atom stereocenters. The molecular weight excluding hydrogens is 254 g/mol. The third-order valence-electron chi connectivity index (χ3n) is 6.35. The molecule has 1 aliphatic rings. The normalized spacial score (nSPS) is 19.7. The number of hydrogen-bond donors (Lipinski definition) is 0. The first kappa shape index (κ1) is 19.0. The van der Waals surface area contributed by atoms with Crippen LogP contribution in [-0.2, 0) is 0 Å². The molecule has 1 rings (SSSR count). The van der Waals surface area contributed by atoms with E-state index in [9.17, 15) is 0 Å². The van der Waals surface area contributed by atoms with E-state index in [0.29, 0.717) is 11.0 Å². The second-order valence-electron chi connectivity index (χ2n) is 8.02. The molecule has 0 spiro atoms. The quantitative estimate of drug-likeness (QED) is 0.444. The lowest BCUT2D eigenvalue weighted by Gasteiger charge is -2.42. The summed E-state index contributed by atoms with van der Waals surface area (Å²) in [6, 6.07) is 0. The summed E-state index contributed by atoms with van der Waals surface area (Å²) in [5, 5.41) is 0. The Morgan fingerprint density at radius 1 is 0.905 bits per heavy atom. The molecule has 1 aliphatic carbocycles. The lowest BCUT2D eigenvalue weighted by Crippen LogP contribution is -2.47. The zero-order valence-electron chi connectivity index (χ0n) is 15.6. The summed E-state index contributed by atoms with van der Waals surface area (Å²) in [5.74, 6) is 0. The summed E-state index contributed by atoms with van der Waals surface area (Å²) in [4.78, 5) is 2.85. The van der Waals surface area contributed by atoms with E-state index in [2.05, 4.69) is 39.5 Å². The first-order chi connectivity index (χ1) is 9.99. The van der Waals surface area contributed by atoms with Crippen molar-refractivity contribution in [3.05, 3.63) is 0 Å². The van der Waals surface area contributed by atoms with Gasteiger partial charge in [-0.25, -0.2) is 0 Å². The van der Waals surface area contributed by atoms with Gasteiger partial charge < -0.3 is 0 Å². The molecule has 21 heavy (non-hydrogen) atoms. The fourth-order valence-corrected chi connectivity index (χ4v) is 4.03. The molecule has 0 aliphatic heterocycles. The highest BCUT2D eigenvalue weighted by atomic mass is 15.2. The summed E-state index contributed by atoms with van der Waals surface area (Å²) >= 11 is 0. The third-order valence-corrected chi connectivity index (χ3v) is 6.35. The van der Waals surface area contributed by atoms with Gasteiger partial charge in [-0.05, 0) is 57.5 Å². The number of nitrogens with zero attached hydrogens (tertiary/aromatic N) is 1. The highest BCUT2D eigenvalue weighted by molar-refractivity contribution is 4.88. The van der Waals surface area contributed by atoms with E-state index in [-0.39, 0.29) is 0 Å². The highest BCUT2D eigenvalue weighted by Gasteiger charge is 2.31. The van der Waals surface area contributed by atoms with E-state index in [1.54, 1.807) is 0 Å². The number of hydrogen-bond acceptors (Lipinski definition) is 1. The molecule has 0 N–H and O–H groups in total. The summed E-state index contributed by atoms with van der Waals surface area (Å²) in [6.07, 6.45) is 15.4. The average Bonchev–Trinajstić information content (AvgIpc) is 2.72. The largest absolute Gasteiger partial charge is 0.298 e. The van der Waals surface area contributed by atoms with Gasteiger partial charge in [0, 0.05) is 5.54 Å². The molecule has 0 radical (unpaired) electrons. The highest BCUT2D eigenvalue weighted by Crippen LogP contribution is 2.34. The molecule has 0 aromatic rings. The molecule has 1 saturated carbocycles. The van der Waals surface area contributed by atoms with Crippen molar-refractivity contribution in [3.63, 3.8) is 0 Å². The maximum absolute atomic E-state index is 2.85. The van der Waals surface area contributed by atoms with Crippen molar-refractivity contribution in [2.45, 2.75) is 111 Å². The first-order valence-corrected chi connectivity index (χ1v) is 9.75. The lowest BCUT2D eigenvalue weighted by atomic mass is 9.80. The van der Waals surface area contributed by atoms with Crippen LogP contribution in [0.15, 0.2) is 0 Å². The SMILES string of the molecule is CCCN(CCCC(C)(CC)CC)C1(C)CCCCCC1. The monoisotopic (exact) mass is 295 g/mol. The smallest absolute Gasteiger partial charge is 0.0181 e. The van der Waals surface area contributed by atoms with Gasteiger partial charge in [0.1, 0.15) is 0 Å². The molecule has 0 saturated heterocycles. The van der Waals surface area contributed by atoms with Gasteiger partial charge in [-0.1, -0.05) is 66.2 Å². The predicted octanol–water partition coefficient (Wildman–Crippen LogP) is 6.42. The summed E-state index contributed by atoms with van der Waals surface area (Å²) in [5.41, 5.74) is 1.06. The Hall–Kier alpha value is -0.0400. The molecular formula is C20H41N. The van der Waals surface area contributed by atoms with Crippen molar-refractivity contribution in [3.8, 4) is 0 Å². The Balaban J connectivity index is 2.56. The number of rotatable bonds is 9. The second kappa shape index (κ2) is 9.18. The van der Waals surface area contributed by atoms with Gasteiger partial charge >= 0.3 is 0 Å². The Morgan fingerprint density at radius 2 is 1.48 bits per heavy atom. The minimum absolute atomic E-state index is 0.487. The fraction of sp³-hybridized carbons (Fsp3) is 1.00. The molecule has 126 valence electrons. The summed E-state index contributed by atoms with van der Waals surface area (Å²) in [7, 11) is 0. The van der Waals surface area contributed by atoms with Crippen LogP contribution in [0, 0.1) is 5.41 Å². The third kappa shape index (κ3) is 5.93. The molecule has 0 aromatic heterocycles. The maximum Gasteiger partial charge on any atom is 0.0181 e. The van der Waals surface area contributed by atoms with Crippen LogP contribution < -0.4 is 0 Å². The Morgan fingerprint density at radius 3 is 1.95 bits per heavy atom. The van der Waals surface area contributed by atoms with Crippen LogP contribution in [0.4, 0.5) is 0 Å². The van der Waals surface area contributed by atoms with Gasteiger partial charge in [0.15, 0.2) is 0 Å². The van der Waals surface area contributed by atoms with Gasteiger partial charge in [0.25, 0.3) is 0 Å². The van der Waals surface area contributed by atoms with Crippen LogP contribution in [0.3, 0.4) is 0 Å². The van der Waals surface area contributed by atoms with E-state index >= 15 is 0 Å². The van der Waals surface area contributed by atoms with E-state index in [1.807, 2.05) is 0 Å². The standard InChI is InChI=1S/C20H41N/c1-6-17-21(18-13-14-19(4,7-2)8-3)20(5)15-11-9-10-12-16-20/h6-18H2,1-5H3. The van der Waals surface area contributed by atoms with Crippen LogP contribution in [0.25, 0.3) is 0 Å². The minimum Gasteiger partial charge on any atom is -0.298 e. The molecule has 0 aromatic carbocycles. The molecule has 0 atom stereocenters. The molecule has 1 nitrogen and oxygen atoms in total. The average molecular weight is 296 g/mol. The van der Waals surface area contributed by atoms with Gasteiger partial charge in [0.2, 0.25) is 0 Å². The Kier molecular flexibility index (Phi) is 8.31. The zero-order chi connectivity index (χ0) is 15.8. The molecule has 1 fully saturated rings. The first-order valence-electron chi connectivity index (χ1n) is 9.75. The minimum atomic E-state index is 0.487. The van der Waals surface area contributed by atoms with Gasteiger partial charge in [0.05, 0.1) is 0 Å². The molecule has 1 heteroatoms. The van der Waals surface area contributed by atoms with Crippen LogP contribution >= 0.6 is 0 Å². The van der Waals surface area contributed by atoms with Gasteiger partial charge in [-0.15, -0.1) is 0 Å². The van der Waals surface area contributed by atoms with Crippen LogP contribution in [0.5, 0.6) is 0 Å². The fourth-order valence-electron chi connectivity index (χ4n) is 4.03. The van der Waals surface area contributed by atoms with Crippen LogP contribution in [0.1, 0.15) is 105 Å². The Labute approximate surface area is 134 Å². The molecule has 0 heterocycles. The molecule has 0 bridgehead atoms. The van der Waals surface area contributed by atoms with E-state index in [0.717, 1.165) is 0 Å². The van der Waals surface area contributed by atoms with Crippen molar-refractivity contribution in [1.29, 1.82) is 0 Å². The maximum atomic E-state index is 2.85. The van der Waals surface area contributed by atoms with Gasteiger partial charge in [-0.3, -0.25) is 4.90 Å². The van der Waals surface area contributed by atoms with Crippen molar-refractivity contribution in [1.82, 2.24) is 4.90 Å². The van der Waals surface area contributed by atoms with Crippen LogP contribution in [0.2, 0.25) is 0 Å². The van der Waals surface area contributed by atoms with Gasteiger partial charge in [-0.2, -0.15) is 0 Å². The summed E-state index contributed by atoms with van der Waals surface area (Å²) in [6.45, 7) is 14.7. The van der Waals surface area contributed by atoms with Crippen molar-refractivity contribution < 1.29 is 0 Å². The lowest BCUT2D eigenvalue weighted by molar-refractivity contribution is 0.0798. The second-order valence-corrected chi connectivity index (χ2v) is 8.02. The van der Waals surface area contributed by atoms with E-state index in [1.165, 1.54) is 83.7 Å². The van der Waals surface area contributed by atoms with Crippen molar-refractivity contribution >= 4 is 0 Å². The molecule has 0 amide bonds. The topological polar surface area (TPSA) is 3.24 Å². The van der Waals surface area contributed by atoms with Crippen molar-refractivity contribution in [2.24, 2.45) is 5.41 Å².